The van der Waals surface area contributed by atoms with Crippen molar-refractivity contribution in [3.05, 3.63) is 18.2 Å². The van der Waals surface area contributed by atoms with Gasteiger partial charge in [0.2, 0.25) is 0 Å². The van der Waals surface area contributed by atoms with E-state index in [1.807, 2.05) is 24.7 Å². The van der Waals surface area contributed by atoms with E-state index in [1.165, 1.54) is 0 Å². The Kier molecular flexibility index (Phi) is 3.06. The van der Waals surface area contributed by atoms with Crippen molar-refractivity contribution in [2.75, 3.05) is 13.1 Å². The fourth-order valence-electron chi connectivity index (χ4n) is 1.33. The lowest BCUT2D eigenvalue weighted by molar-refractivity contribution is 0.0456. The molecule has 0 aromatic carbocycles. The molecule has 1 aromatic rings. The molecule has 13 heavy (non-hydrogen) atoms. The molecule has 0 aliphatic carbocycles. The molecule has 74 valence electrons. The quantitative estimate of drug-likeness (QED) is 0.703. The number of hydrogen-bond acceptors (Lipinski definition) is 3. The minimum atomic E-state index is -0.895. The van der Waals surface area contributed by atoms with Crippen LogP contribution in [-0.4, -0.2) is 27.7 Å². The van der Waals surface area contributed by atoms with Gasteiger partial charge in [-0.25, -0.2) is 4.98 Å². The average molecular weight is 183 g/mol. The molecule has 0 spiro atoms. The zero-order valence-corrected chi connectivity index (χ0v) is 8.41. The van der Waals surface area contributed by atoms with Gasteiger partial charge in [0.05, 0.1) is 0 Å². The van der Waals surface area contributed by atoms with Crippen molar-refractivity contribution in [2.45, 2.75) is 19.4 Å². The number of nitrogens with one attached hydrogen (secondary N) is 1. The molecule has 0 saturated carbocycles. The highest BCUT2D eigenvalue weighted by molar-refractivity contribution is 5.03. The van der Waals surface area contributed by atoms with Crippen LogP contribution < -0.4 is 5.32 Å². The molecule has 1 rings (SSSR count). The maximum absolute atomic E-state index is 10.0. The first kappa shape index (κ1) is 10.2. The van der Waals surface area contributed by atoms with Crippen molar-refractivity contribution in [1.29, 1.82) is 0 Å². The fourth-order valence-corrected chi connectivity index (χ4v) is 1.33. The van der Waals surface area contributed by atoms with E-state index in [1.54, 1.807) is 13.1 Å². The van der Waals surface area contributed by atoms with Gasteiger partial charge < -0.3 is 15.0 Å². The summed E-state index contributed by atoms with van der Waals surface area (Å²) in [5.41, 5.74) is -0.895. The van der Waals surface area contributed by atoms with Gasteiger partial charge in [0, 0.05) is 26.0 Å². The maximum Gasteiger partial charge on any atom is 0.141 e. The van der Waals surface area contributed by atoms with E-state index in [0.717, 1.165) is 6.54 Å². The molecule has 1 aromatic heterocycles. The molecule has 2 N–H and O–H groups in total. The molecule has 0 amide bonds. The van der Waals surface area contributed by atoms with Crippen LogP contribution in [0.3, 0.4) is 0 Å². The third-order valence-electron chi connectivity index (χ3n) is 2.02. The number of rotatable bonds is 4. The largest absolute Gasteiger partial charge is 0.381 e. The normalized spacial score (nSPS) is 15.7. The molecule has 0 saturated heterocycles. The van der Waals surface area contributed by atoms with Gasteiger partial charge in [-0.1, -0.05) is 6.92 Å². The molecule has 1 atom stereocenters. The van der Waals surface area contributed by atoms with Gasteiger partial charge in [0.15, 0.2) is 0 Å². The first-order chi connectivity index (χ1) is 6.08. The summed E-state index contributed by atoms with van der Waals surface area (Å²) in [5, 5.41) is 13.1. The smallest absolute Gasteiger partial charge is 0.141 e. The van der Waals surface area contributed by atoms with Gasteiger partial charge in [-0.05, 0) is 13.5 Å². The SMILES string of the molecule is CCNCC(C)(O)c1nccn1C. The minimum absolute atomic E-state index is 0.522. The van der Waals surface area contributed by atoms with Crippen LogP contribution in [-0.2, 0) is 12.6 Å². The lowest BCUT2D eigenvalue weighted by Gasteiger charge is -2.22. The number of imidazole rings is 1. The van der Waals surface area contributed by atoms with E-state index < -0.39 is 5.60 Å². The molecule has 0 bridgehead atoms. The Balaban J connectivity index is 2.74. The van der Waals surface area contributed by atoms with Gasteiger partial charge in [0.25, 0.3) is 0 Å². The van der Waals surface area contributed by atoms with Gasteiger partial charge in [-0.15, -0.1) is 0 Å². The van der Waals surface area contributed by atoms with E-state index in [0.29, 0.717) is 12.4 Å². The molecule has 4 heteroatoms. The zero-order valence-electron chi connectivity index (χ0n) is 8.41. The van der Waals surface area contributed by atoms with Crippen LogP contribution in [0.2, 0.25) is 0 Å². The molecule has 0 fully saturated rings. The van der Waals surface area contributed by atoms with Gasteiger partial charge >= 0.3 is 0 Å². The molecule has 1 heterocycles. The van der Waals surface area contributed by atoms with E-state index in [4.69, 9.17) is 0 Å². The fraction of sp³-hybridized carbons (Fsp3) is 0.667. The predicted octanol–water partition coefficient (Wildman–Crippen LogP) is 0.237. The zero-order chi connectivity index (χ0) is 9.90. The molecule has 1 unspecified atom stereocenters. The molecule has 0 aliphatic heterocycles. The highest BCUT2D eigenvalue weighted by Gasteiger charge is 2.26. The summed E-state index contributed by atoms with van der Waals surface area (Å²) < 4.78 is 1.83. The minimum Gasteiger partial charge on any atom is -0.381 e. The number of aryl methyl sites for hydroxylation is 1. The molecule has 4 nitrogen and oxygen atoms in total. The van der Waals surface area contributed by atoms with E-state index in [-0.39, 0.29) is 0 Å². The number of nitrogens with zero attached hydrogens (tertiary/aromatic N) is 2. The molecule has 0 aliphatic rings. The Bertz CT molecular complexity index is 268. The summed E-state index contributed by atoms with van der Waals surface area (Å²) >= 11 is 0. The lowest BCUT2D eigenvalue weighted by Crippen LogP contribution is -2.37. The molecule has 0 radical (unpaired) electrons. The predicted molar refractivity (Wildman–Crippen MR) is 51.3 cm³/mol. The third-order valence-corrected chi connectivity index (χ3v) is 2.02. The first-order valence-corrected chi connectivity index (χ1v) is 4.49. The molecular formula is C9H17N3O. The Morgan fingerprint density at radius 1 is 1.69 bits per heavy atom. The van der Waals surface area contributed by atoms with Gasteiger partial charge in [-0.3, -0.25) is 0 Å². The Labute approximate surface area is 78.6 Å². The Hall–Kier alpha value is -0.870. The van der Waals surface area contributed by atoms with Crippen LogP contribution in [0.5, 0.6) is 0 Å². The highest BCUT2D eigenvalue weighted by atomic mass is 16.3. The van der Waals surface area contributed by atoms with Gasteiger partial charge in [-0.2, -0.15) is 0 Å². The summed E-state index contributed by atoms with van der Waals surface area (Å²) in [6.45, 7) is 5.14. The van der Waals surface area contributed by atoms with Crippen molar-refractivity contribution in [1.82, 2.24) is 14.9 Å². The van der Waals surface area contributed by atoms with Crippen LogP contribution in [0.15, 0.2) is 12.4 Å². The average Bonchev–Trinajstić information content (AvgIpc) is 2.48. The number of likely N-dealkylation sites (N-methyl/N-ethyl adjacent to an activating group) is 1. The summed E-state index contributed by atoms with van der Waals surface area (Å²) in [7, 11) is 1.88. The maximum atomic E-state index is 10.0. The summed E-state index contributed by atoms with van der Waals surface area (Å²) in [4.78, 5) is 4.11. The monoisotopic (exact) mass is 183 g/mol. The van der Waals surface area contributed by atoms with Crippen molar-refractivity contribution >= 4 is 0 Å². The van der Waals surface area contributed by atoms with E-state index in [2.05, 4.69) is 10.3 Å². The summed E-state index contributed by atoms with van der Waals surface area (Å²) in [5.74, 6) is 0.688. The molecular weight excluding hydrogens is 166 g/mol. The topological polar surface area (TPSA) is 50.1 Å². The number of aromatic nitrogens is 2. The van der Waals surface area contributed by atoms with Crippen LogP contribution in [0.1, 0.15) is 19.7 Å². The van der Waals surface area contributed by atoms with Crippen molar-refractivity contribution < 1.29 is 5.11 Å². The van der Waals surface area contributed by atoms with Crippen molar-refractivity contribution in [2.24, 2.45) is 7.05 Å². The summed E-state index contributed by atoms with van der Waals surface area (Å²) in [6.07, 6.45) is 3.52. The second-order valence-electron chi connectivity index (χ2n) is 3.42. The van der Waals surface area contributed by atoms with Crippen LogP contribution in [0, 0.1) is 0 Å². The number of hydrogen-bond donors (Lipinski definition) is 2. The van der Waals surface area contributed by atoms with Crippen LogP contribution in [0.4, 0.5) is 0 Å². The highest BCUT2D eigenvalue weighted by Crippen LogP contribution is 2.16. The third kappa shape index (κ3) is 2.29. The van der Waals surface area contributed by atoms with E-state index in [9.17, 15) is 5.11 Å². The van der Waals surface area contributed by atoms with Crippen LogP contribution in [0.25, 0.3) is 0 Å². The van der Waals surface area contributed by atoms with Crippen molar-refractivity contribution in [3.8, 4) is 0 Å². The van der Waals surface area contributed by atoms with Crippen molar-refractivity contribution in [3.63, 3.8) is 0 Å². The Morgan fingerprint density at radius 3 is 2.85 bits per heavy atom. The lowest BCUT2D eigenvalue weighted by atomic mass is 10.1. The summed E-state index contributed by atoms with van der Waals surface area (Å²) in [6, 6.07) is 0. The second-order valence-corrected chi connectivity index (χ2v) is 3.42. The standard InChI is InChI=1S/C9H17N3O/c1-4-10-7-9(2,13)8-11-5-6-12(8)3/h5-6,10,13H,4,7H2,1-3H3. The van der Waals surface area contributed by atoms with Gasteiger partial charge in [0.1, 0.15) is 11.4 Å². The second kappa shape index (κ2) is 3.89. The number of aliphatic hydroxyl groups is 1. The Morgan fingerprint density at radius 2 is 2.38 bits per heavy atom. The van der Waals surface area contributed by atoms with Crippen LogP contribution >= 0.6 is 0 Å². The van der Waals surface area contributed by atoms with E-state index >= 15 is 0 Å². The first-order valence-electron chi connectivity index (χ1n) is 4.49.